The van der Waals surface area contributed by atoms with Gasteiger partial charge in [0, 0.05) is 25.5 Å². The number of carbonyl (C=O) groups is 2. The largest absolute Gasteiger partial charge is 0.360 e. The van der Waals surface area contributed by atoms with Crippen LogP contribution in [0.1, 0.15) is 16.1 Å². The van der Waals surface area contributed by atoms with Gasteiger partial charge in [0.15, 0.2) is 5.82 Å². The van der Waals surface area contributed by atoms with Crippen molar-refractivity contribution in [2.24, 2.45) is 0 Å². The third kappa shape index (κ3) is 3.79. The van der Waals surface area contributed by atoms with Gasteiger partial charge in [-0.15, -0.1) is 0 Å². The number of nitrogens with one attached hydrogen (secondary N) is 1. The number of likely N-dealkylation sites (N-methyl/N-ethyl adjacent to an activating group) is 1. The van der Waals surface area contributed by atoms with E-state index in [1.54, 1.807) is 13.0 Å². The van der Waals surface area contributed by atoms with Crippen LogP contribution >= 0.6 is 11.6 Å². The minimum absolute atomic E-state index is 0.136. The summed E-state index contributed by atoms with van der Waals surface area (Å²) in [5.41, 5.74) is 0.291. The Balaban J connectivity index is 1.97. The lowest BCUT2D eigenvalue weighted by molar-refractivity contribution is -0.116. The van der Waals surface area contributed by atoms with E-state index in [1.165, 1.54) is 30.4 Å². The van der Waals surface area contributed by atoms with E-state index in [4.69, 9.17) is 16.1 Å². The number of anilines is 1. The summed E-state index contributed by atoms with van der Waals surface area (Å²) in [5, 5.41) is 6.41. The van der Waals surface area contributed by atoms with E-state index in [9.17, 15) is 9.59 Å². The fourth-order valence-corrected chi connectivity index (χ4v) is 1.85. The molecule has 0 atom stereocenters. The number of carbonyl (C=O) groups excluding carboxylic acids is 2. The number of rotatable bonds is 4. The van der Waals surface area contributed by atoms with Crippen LogP contribution in [-0.2, 0) is 4.79 Å². The lowest BCUT2D eigenvalue weighted by Crippen LogP contribution is -2.35. The van der Waals surface area contributed by atoms with Crippen LogP contribution in [0.15, 0.2) is 29.0 Å². The number of aryl methyl sites for hydroxylation is 1. The van der Waals surface area contributed by atoms with Gasteiger partial charge in [-0.2, -0.15) is 0 Å². The summed E-state index contributed by atoms with van der Waals surface area (Å²) >= 11 is 5.90. The van der Waals surface area contributed by atoms with E-state index in [0.29, 0.717) is 17.1 Å². The van der Waals surface area contributed by atoms with Gasteiger partial charge in [0.2, 0.25) is 5.91 Å². The van der Waals surface area contributed by atoms with Gasteiger partial charge in [-0.3, -0.25) is 14.6 Å². The first-order valence-electron chi connectivity index (χ1n) is 6.05. The molecule has 0 fully saturated rings. The number of amides is 2. The lowest BCUT2D eigenvalue weighted by Gasteiger charge is -2.16. The Kier molecular flexibility index (Phi) is 4.54. The molecule has 0 aromatic carbocycles. The number of pyridine rings is 1. The van der Waals surface area contributed by atoms with Gasteiger partial charge in [-0.25, -0.2) is 0 Å². The zero-order chi connectivity index (χ0) is 15.4. The average molecular weight is 309 g/mol. The molecule has 2 heterocycles. The van der Waals surface area contributed by atoms with Gasteiger partial charge in [0.25, 0.3) is 5.91 Å². The molecule has 0 saturated carbocycles. The first-order chi connectivity index (χ1) is 9.97. The van der Waals surface area contributed by atoms with Crippen LogP contribution in [0.4, 0.5) is 5.82 Å². The van der Waals surface area contributed by atoms with E-state index >= 15 is 0 Å². The number of hydrogen-bond donors (Lipinski definition) is 1. The summed E-state index contributed by atoms with van der Waals surface area (Å²) in [7, 11) is 1.51. The Bertz CT molecular complexity index is 671. The summed E-state index contributed by atoms with van der Waals surface area (Å²) in [6.45, 7) is 1.58. The van der Waals surface area contributed by atoms with Crippen molar-refractivity contribution in [1.29, 1.82) is 0 Å². The molecule has 0 unspecified atom stereocenters. The second-order valence-electron chi connectivity index (χ2n) is 4.39. The van der Waals surface area contributed by atoms with Gasteiger partial charge in [0.05, 0.1) is 17.1 Å². The van der Waals surface area contributed by atoms with Crippen LogP contribution in [0.2, 0.25) is 5.02 Å². The maximum absolute atomic E-state index is 12.2. The van der Waals surface area contributed by atoms with E-state index in [-0.39, 0.29) is 23.4 Å². The minimum Gasteiger partial charge on any atom is -0.360 e. The minimum atomic E-state index is -0.385. The molecule has 7 nitrogen and oxygen atoms in total. The molecule has 0 bridgehead atoms. The Morgan fingerprint density at radius 2 is 2.24 bits per heavy atom. The molecule has 2 amide bonds. The molecule has 110 valence electrons. The van der Waals surface area contributed by atoms with Crippen molar-refractivity contribution in [1.82, 2.24) is 15.0 Å². The summed E-state index contributed by atoms with van der Waals surface area (Å²) < 4.78 is 4.83. The highest BCUT2D eigenvalue weighted by Crippen LogP contribution is 2.15. The molecule has 0 spiro atoms. The van der Waals surface area contributed by atoms with Gasteiger partial charge < -0.3 is 14.7 Å². The SMILES string of the molecule is Cc1cc(NC(=O)CN(C)C(=O)c2ccncc2Cl)no1. The highest BCUT2D eigenvalue weighted by molar-refractivity contribution is 6.33. The highest BCUT2D eigenvalue weighted by Gasteiger charge is 2.18. The second-order valence-corrected chi connectivity index (χ2v) is 4.79. The fraction of sp³-hybridized carbons (Fsp3) is 0.231. The Morgan fingerprint density at radius 3 is 2.86 bits per heavy atom. The smallest absolute Gasteiger partial charge is 0.255 e. The molecular weight excluding hydrogens is 296 g/mol. The van der Waals surface area contributed by atoms with Crippen LogP contribution in [0, 0.1) is 6.92 Å². The first kappa shape index (κ1) is 15.0. The van der Waals surface area contributed by atoms with Crippen molar-refractivity contribution in [3.8, 4) is 0 Å². The highest BCUT2D eigenvalue weighted by atomic mass is 35.5. The zero-order valence-electron chi connectivity index (χ0n) is 11.5. The second kappa shape index (κ2) is 6.36. The monoisotopic (exact) mass is 308 g/mol. The van der Waals surface area contributed by atoms with Crippen molar-refractivity contribution < 1.29 is 14.1 Å². The molecule has 0 aliphatic rings. The standard InChI is InChI=1S/C13H13ClN4O3/c1-8-5-11(17-21-8)16-12(19)7-18(2)13(20)9-3-4-15-6-10(9)14/h3-6H,7H2,1-2H3,(H,16,17,19). The molecule has 8 heteroatoms. The van der Waals surface area contributed by atoms with Crippen molar-refractivity contribution in [3.05, 3.63) is 40.9 Å². The van der Waals surface area contributed by atoms with Crippen LogP contribution < -0.4 is 5.32 Å². The first-order valence-corrected chi connectivity index (χ1v) is 6.43. The molecule has 0 aliphatic heterocycles. The van der Waals surface area contributed by atoms with Crippen LogP contribution in [0.3, 0.4) is 0 Å². The van der Waals surface area contributed by atoms with Gasteiger partial charge >= 0.3 is 0 Å². The third-order valence-electron chi connectivity index (χ3n) is 2.63. The molecule has 0 aliphatic carbocycles. The number of aromatic nitrogens is 2. The zero-order valence-corrected chi connectivity index (χ0v) is 12.2. The average Bonchev–Trinajstić information content (AvgIpc) is 2.83. The van der Waals surface area contributed by atoms with Gasteiger partial charge in [0.1, 0.15) is 5.76 Å². The topological polar surface area (TPSA) is 88.3 Å². The Morgan fingerprint density at radius 1 is 1.48 bits per heavy atom. The molecular formula is C13H13ClN4O3. The van der Waals surface area contributed by atoms with Crippen molar-refractivity contribution in [3.63, 3.8) is 0 Å². The van der Waals surface area contributed by atoms with E-state index in [1.807, 2.05) is 0 Å². The maximum Gasteiger partial charge on any atom is 0.255 e. The molecule has 2 aromatic heterocycles. The fourth-order valence-electron chi connectivity index (χ4n) is 1.65. The molecule has 0 radical (unpaired) electrons. The van der Waals surface area contributed by atoms with Crippen molar-refractivity contribution >= 4 is 29.2 Å². The van der Waals surface area contributed by atoms with Crippen LogP contribution in [-0.4, -0.2) is 40.4 Å². The normalized spacial score (nSPS) is 10.2. The van der Waals surface area contributed by atoms with Crippen LogP contribution in [0.5, 0.6) is 0 Å². The number of halogens is 1. The summed E-state index contributed by atoms with van der Waals surface area (Å²) in [4.78, 5) is 29.0. The van der Waals surface area contributed by atoms with E-state index in [0.717, 1.165) is 0 Å². The molecule has 2 rings (SSSR count). The van der Waals surface area contributed by atoms with Crippen molar-refractivity contribution in [2.75, 3.05) is 18.9 Å². The lowest BCUT2D eigenvalue weighted by atomic mass is 10.2. The molecule has 0 saturated heterocycles. The Labute approximate surface area is 125 Å². The molecule has 2 aromatic rings. The summed E-state index contributed by atoms with van der Waals surface area (Å²) in [5.74, 6) is 0.136. The summed E-state index contributed by atoms with van der Waals surface area (Å²) in [6.07, 6.45) is 2.84. The van der Waals surface area contributed by atoms with Crippen LogP contribution in [0.25, 0.3) is 0 Å². The van der Waals surface area contributed by atoms with Gasteiger partial charge in [-0.1, -0.05) is 16.8 Å². The Hall–Kier alpha value is -2.41. The maximum atomic E-state index is 12.2. The number of hydrogen-bond acceptors (Lipinski definition) is 5. The quantitative estimate of drug-likeness (QED) is 0.929. The van der Waals surface area contributed by atoms with E-state index < -0.39 is 0 Å². The van der Waals surface area contributed by atoms with Crippen molar-refractivity contribution in [2.45, 2.75) is 6.92 Å². The molecule has 1 N–H and O–H groups in total. The predicted molar refractivity (Wildman–Crippen MR) is 76.1 cm³/mol. The molecule has 21 heavy (non-hydrogen) atoms. The predicted octanol–water partition coefficient (Wildman–Crippen LogP) is 1.74. The summed E-state index contributed by atoms with van der Waals surface area (Å²) in [6, 6.07) is 3.08. The third-order valence-corrected chi connectivity index (χ3v) is 2.93. The van der Waals surface area contributed by atoms with Gasteiger partial charge in [-0.05, 0) is 13.0 Å². The van der Waals surface area contributed by atoms with E-state index in [2.05, 4.69) is 15.5 Å². The number of nitrogens with zero attached hydrogens (tertiary/aromatic N) is 3.